The van der Waals surface area contributed by atoms with Crippen molar-refractivity contribution >= 4 is 16.9 Å². The fraction of sp³-hybridized carbons (Fsp3) is 0.333. The molecule has 0 aliphatic carbocycles. The molecule has 2 aromatic rings. The predicted molar refractivity (Wildman–Crippen MR) is 66.6 cm³/mol. The predicted octanol–water partition coefficient (Wildman–Crippen LogP) is 2.36. The largest absolute Gasteiger partial charge is 0.359 e. The minimum atomic E-state index is 0.889. The van der Waals surface area contributed by atoms with Crippen LogP contribution in [0.15, 0.2) is 31.2 Å². The normalized spacial score (nSPS) is 10.6. The lowest BCUT2D eigenvalue weighted by atomic mass is 10.3. The summed E-state index contributed by atoms with van der Waals surface area (Å²) in [7, 11) is 2.05. The molecule has 84 valence electrons. The van der Waals surface area contributed by atoms with Crippen LogP contribution in [0.2, 0.25) is 0 Å². The van der Waals surface area contributed by atoms with Gasteiger partial charge in [-0.1, -0.05) is 6.08 Å². The molecule has 0 aliphatic rings. The van der Waals surface area contributed by atoms with Gasteiger partial charge < -0.3 is 9.88 Å². The highest BCUT2D eigenvalue weighted by Gasteiger charge is 2.08. The number of unbranched alkanes of at least 4 members (excludes halogenated alkanes) is 1. The van der Waals surface area contributed by atoms with E-state index in [1.165, 1.54) is 0 Å². The molecular weight excluding hydrogens is 200 g/mol. The lowest BCUT2D eigenvalue weighted by Gasteiger charge is -2.18. The van der Waals surface area contributed by atoms with Gasteiger partial charge in [-0.15, -0.1) is 6.58 Å². The van der Waals surface area contributed by atoms with Crippen LogP contribution in [0.25, 0.3) is 11.0 Å². The van der Waals surface area contributed by atoms with Crippen LogP contribution in [0, 0.1) is 0 Å². The fourth-order valence-corrected chi connectivity index (χ4v) is 1.74. The van der Waals surface area contributed by atoms with Crippen LogP contribution < -0.4 is 4.90 Å². The standard InChI is InChI=1S/C12H16N4/c1-3-4-5-8-16(2)12-10-6-7-13-11(10)14-9-15-12/h3,6-7,9H,1,4-5,8H2,2H3,(H,13,14,15). The summed E-state index contributed by atoms with van der Waals surface area (Å²) in [5, 5.41) is 1.07. The number of hydrogen-bond acceptors (Lipinski definition) is 3. The summed E-state index contributed by atoms with van der Waals surface area (Å²) >= 11 is 0. The van der Waals surface area contributed by atoms with Gasteiger partial charge >= 0.3 is 0 Å². The first kappa shape index (κ1) is 10.7. The van der Waals surface area contributed by atoms with E-state index in [2.05, 4.69) is 33.5 Å². The molecule has 0 aromatic carbocycles. The first-order valence-electron chi connectivity index (χ1n) is 5.43. The van der Waals surface area contributed by atoms with Crippen LogP contribution in [-0.2, 0) is 0 Å². The number of H-pyrrole nitrogens is 1. The van der Waals surface area contributed by atoms with Gasteiger partial charge in [-0.05, 0) is 18.9 Å². The molecule has 4 heteroatoms. The van der Waals surface area contributed by atoms with E-state index in [-0.39, 0.29) is 0 Å². The zero-order valence-electron chi connectivity index (χ0n) is 9.48. The topological polar surface area (TPSA) is 44.8 Å². The van der Waals surface area contributed by atoms with Crippen molar-refractivity contribution in [2.75, 3.05) is 18.5 Å². The molecule has 1 N–H and O–H groups in total. The second-order valence-electron chi connectivity index (χ2n) is 3.79. The number of aromatic nitrogens is 3. The maximum Gasteiger partial charge on any atom is 0.142 e. The summed E-state index contributed by atoms with van der Waals surface area (Å²) in [6.07, 6.45) is 7.56. The molecule has 2 rings (SSSR count). The Kier molecular flexibility index (Phi) is 3.19. The van der Waals surface area contributed by atoms with Gasteiger partial charge in [0.15, 0.2) is 0 Å². The molecule has 2 heterocycles. The molecule has 16 heavy (non-hydrogen) atoms. The number of nitrogens with one attached hydrogen (secondary N) is 1. The number of rotatable bonds is 5. The van der Waals surface area contributed by atoms with Crippen molar-refractivity contribution in [3.05, 3.63) is 31.2 Å². The lowest BCUT2D eigenvalue weighted by molar-refractivity contribution is 0.794. The van der Waals surface area contributed by atoms with Crippen LogP contribution in [0.5, 0.6) is 0 Å². The van der Waals surface area contributed by atoms with Crippen molar-refractivity contribution in [3.63, 3.8) is 0 Å². The van der Waals surface area contributed by atoms with E-state index in [9.17, 15) is 0 Å². The molecule has 0 amide bonds. The Morgan fingerprint density at radius 1 is 1.50 bits per heavy atom. The second kappa shape index (κ2) is 4.79. The molecule has 2 aromatic heterocycles. The van der Waals surface area contributed by atoms with E-state index in [0.29, 0.717) is 0 Å². The second-order valence-corrected chi connectivity index (χ2v) is 3.79. The van der Waals surface area contributed by atoms with E-state index in [4.69, 9.17) is 0 Å². The fourth-order valence-electron chi connectivity index (χ4n) is 1.74. The molecule has 0 saturated heterocycles. The van der Waals surface area contributed by atoms with E-state index >= 15 is 0 Å². The van der Waals surface area contributed by atoms with Crippen LogP contribution in [0.1, 0.15) is 12.8 Å². The van der Waals surface area contributed by atoms with E-state index < -0.39 is 0 Å². The average Bonchev–Trinajstić information content (AvgIpc) is 2.76. The van der Waals surface area contributed by atoms with Crippen molar-refractivity contribution in [2.45, 2.75) is 12.8 Å². The van der Waals surface area contributed by atoms with Gasteiger partial charge in [0, 0.05) is 19.8 Å². The SMILES string of the molecule is C=CCCCN(C)c1ncnc2[nH]ccc12. The first-order chi connectivity index (χ1) is 7.83. The van der Waals surface area contributed by atoms with E-state index in [1.54, 1.807) is 6.33 Å². The summed E-state index contributed by atoms with van der Waals surface area (Å²) in [4.78, 5) is 13.7. The highest BCUT2D eigenvalue weighted by atomic mass is 15.2. The summed E-state index contributed by atoms with van der Waals surface area (Å²) < 4.78 is 0. The van der Waals surface area contributed by atoms with Crippen LogP contribution in [0.3, 0.4) is 0 Å². The number of anilines is 1. The third-order valence-electron chi connectivity index (χ3n) is 2.60. The van der Waals surface area contributed by atoms with Gasteiger partial charge in [0.05, 0.1) is 5.39 Å². The summed E-state index contributed by atoms with van der Waals surface area (Å²) in [5.74, 6) is 0.982. The zero-order chi connectivity index (χ0) is 11.4. The number of allylic oxidation sites excluding steroid dienone is 1. The van der Waals surface area contributed by atoms with E-state index in [0.717, 1.165) is 36.2 Å². The first-order valence-corrected chi connectivity index (χ1v) is 5.43. The van der Waals surface area contributed by atoms with Crippen molar-refractivity contribution in [1.82, 2.24) is 15.0 Å². The molecule has 0 saturated carbocycles. The number of aromatic amines is 1. The van der Waals surface area contributed by atoms with Gasteiger partial charge in [0.1, 0.15) is 17.8 Å². The quantitative estimate of drug-likeness (QED) is 0.616. The molecule has 0 aliphatic heterocycles. The van der Waals surface area contributed by atoms with Gasteiger partial charge in [0.2, 0.25) is 0 Å². The molecule has 4 nitrogen and oxygen atoms in total. The van der Waals surface area contributed by atoms with Gasteiger partial charge in [-0.3, -0.25) is 0 Å². The molecule has 0 radical (unpaired) electrons. The Hall–Kier alpha value is -1.84. The van der Waals surface area contributed by atoms with Gasteiger partial charge in [0.25, 0.3) is 0 Å². The zero-order valence-corrected chi connectivity index (χ0v) is 9.48. The van der Waals surface area contributed by atoms with E-state index in [1.807, 2.05) is 18.3 Å². The van der Waals surface area contributed by atoms with Gasteiger partial charge in [-0.2, -0.15) is 0 Å². The van der Waals surface area contributed by atoms with Crippen LogP contribution in [-0.4, -0.2) is 28.5 Å². The number of hydrogen-bond donors (Lipinski definition) is 1. The van der Waals surface area contributed by atoms with Crippen molar-refractivity contribution in [3.8, 4) is 0 Å². The molecule has 0 fully saturated rings. The van der Waals surface area contributed by atoms with Crippen molar-refractivity contribution in [1.29, 1.82) is 0 Å². The summed E-state index contributed by atoms with van der Waals surface area (Å²) in [6.45, 7) is 4.70. The lowest BCUT2D eigenvalue weighted by Crippen LogP contribution is -2.19. The molecule has 0 atom stereocenters. The van der Waals surface area contributed by atoms with Crippen molar-refractivity contribution < 1.29 is 0 Å². The third kappa shape index (κ3) is 2.05. The number of fused-ring (bicyclic) bond motifs is 1. The minimum Gasteiger partial charge on any atom is -0.359 e. The summed E-state index contributed by atoms with van der Waals surface area (Å²) in [6, 6.07) is 2.01. The van der Waals surface area contributed by atoms with Crippen molar-refractivity contribution in [2.24, 2.45) is 0 Å². The Balaban J connectivity index is 2.18. The van der Waals surface area contributed by atoms with Crippen LogP contribution >= 0.6 is 0 Å². The van der Waals surface area contributed by atoms with Crippen LogP contribution in [0.4, 0.5) is 5.82 Å². The average molecular weight is 216 g/mol. The molecular formula is C12H16N4. The number of nitrogens with zero attached hydrogens (tertiary/aromatic N) is 3. The Labute approximate surface area is 95.0 Å². The minimum absolute atomic E-state index is 0.889. The maximum absolute atomic E-state index is 4.33. The summed E-state index contributed by atoms with van der Waals surface area (Å²) in [5.41, 5.74) is 0.889. The highest BCUT2D eigenvalue weighted by Crippen LogP contribution is 2.20. The highest BCUT2D eigenvalue weighted by molar-refractivity contribution is 5.87. The third-order valence-corrected chi connectivity index (χ3v) is 2.60. The molecule has 0 spiro atoms. The Bertz CT molecular complexity index is 475. The maximum atomic E-state index is 4.33. The Morgan fingerprint density at radius 2 is 2.38 bits per heavy atom. The molecule has 0 bridgehead atoms. The smallest absolute Gasteiger partial charge is 0.142 e. The molecule has 0 unspecified atom stereocenters. The van der Waals surface area contributed by atoms with Gasteiger partial charge in [-0.25, -0.2) is 9.97 Å². The monoisotopic (exact) mass is 216 g/mol. The Morgan fingerprint density at radius 3 is 3.19 bits per heavy atom.